The second-order valence-electron chi connectivity index (χ2n) is 7.43. The topological polar surface area (TPSA) is 53.6 Å². The van der Waals surface area contributed by atoms with Gasteiger partial charge in [-0.2, -0.15) is 0 Å². The number of nitrogens with one attached hydrogen (secondary N) is 1. The van der Waals surface area contributed by atoms with Crippen molar-refractivity contribution in [1.82, 2.24) is 10.2 Å². The van der Waals surface area contributed by atoms with Gasteiger partial charge in [0.1, 0.15) is 5.82 Å². The molecule has 1 aliphatic rings. The van der Waals surface area contributed by atoms with Crippen LogP contribution >= 0.6 is 11.6 Å². The third-order valence-corrected chi connectivity index (χ3v) is 5.35. The smallest absolute Gasteiger partial charge is 0.419 e. The number of aliphatic imine (C=N–C) groups is 1. The fourth-order valence-corrected chi connectivity index (χ4v) is 3.56. The molecule has 7 heteroatoms. The molecule has 1 aromatic rings. The number of benzene rings is 1. The first-order chi connectivity index (χ1) is 15.9. The van der Waals surface area contributed by atoms with Gasteiger partial charge < -0.3 is 16.0 Å². The normalized spacial score (nSPS) is 15.8. The summed E-state index contributed by atoms with van der Waals surface area (Å²) in [5.41, 5.74) is 9.50. The Balaban J connectivity index is 0.000000931. The Bertz CT molecular complexity index is 913. The molecule has 0 bridgehead atoms. The van der Waals surface area contributed by atoms with Crippen LogP contribution in [0, 0.1) is 11.9 Å². The zero-order chi connectivity index (χ0) is 24.6. The minimum atomic E-state index is -0.220. The van der Waals surface area contributed by atoms with Crippen LogP contribution in [0.2, 0.25) is 0 Å². The predicted molar refractivity (Wildman–Crippen MR) is 141 cm³/mol. The Labute approximate surface area is 232 Å². The van der Waals surface area contributed by atoms with Crippen LogP contribution in [0.5, 0.6) is 0 Å². The molecular formula is C27H37ClFN4Na. The fourth-order valence-electron chi connectivity index (χ4n) is 3.49. The van der Waals surface area contributed by atoms with Crippen molar-refractivity contribution in [2.24, 2.45) is 10.7 Å². The molecule has 0 atom stereocenters. The van der Waals surface area contributed by atoms with Gasteiger partial charge in [0.2, 0.25) is 0 Å². The summed E-state index contributed by atoms with van der Waals surface area (Å²) in [5, 5.41) is 3.91. The van der Waals surface area contributed by atoms with Crippen molar-refractivity contribution in [3.05, 3.63) is 89.2 Å². The van der Waals surface area contributed by atoms with Crippen molar-refractivity contribution in [1.29, 1.82) is 0 Å². The second-order valence-corrected chi connectivity index (χ2v) is 7.86. The van der Waals surface area contributed by atoms with E-state index >= 15 is 0 Å². The van der Waals surface area contributed by atoms with Gasteiger partial charge in [0.25, 0.3) is 0 Å². The van der Waals surface area contributed by atoms with E-state index in [-0.39, 0.29) is 35.4 Å². The summed E-state index contributed by atoms with van der Waals surface area (Å²) in [6.07, 6.45) is 11.5. The van der Waals surface area contributed by atoms with Gasteiger partial charge in [-0.25, -0.2) is 22.1 Å². The number of nitrogens with two attached hydrogens (primary N) is 1. The average molecular weight is 495 g/mol. The van der Waals surface area contributed by atoms with E-state index in [0.29, 0.717) is 10.6 Å². The summed E-state index contributed by atoms with van der Waals surface area (Å²) < 4.78 is 14.4. The van der Waals surface area contributed by atoms with Gasteiger partial charge in [-0.05, 0) is 32.4 Å². The Kier molecular flexibility index (Phi) is 17.8. The van der Waals surface area contributed by atoms with Gasteiger partial charge in [-0.3, -0.25) is 11.1 Å². The van der Waals surface area contributed by atoms with Crippen LogP contribution in [0.25, 0.3) is 5.57 Å². The van der Waals surface area contributed by atoms with Gasteiger partial charge in [-0.15, -0.1) is 6.42 Å². The Morgan fingerprint density at radius 3 is 2.47 bits per heavy atom. The monoisotopic (exact) mass is 494 g/mol. The molecule has 0 spiro atoms. The van der Waals surface area contributed by atoms with E-state index in [1.54, 1.807) is 12.1 Å². The van der Waals surface area contributed by atoms with Crippen LogP contribution in [0.15, 0.2) is 76.7 Å². The number of piperazine rings is 1. The van der Waals surface area contributed by atoms with E-state index in [1.807, 2.05) is 32.1 Å². The molecule has 0 unspecified atom stereocenters. The van der Waals surface area contributed by atoms with Crippen molar-refractivity contribution in [3.8, 4) is 0 Å². The van der Waals surface area contributed by atoms with Gasteiger partial charge >= 0.3 is 29.6 Å². The SMILES string of the molecule is C=CN=C(C)C(/C(=C\C)c1ccccc1F)=C(\C)N1CCNCC1.CCC[C-]=C/C(Cl)=C\N.[Na+]. The number of hydrogen-bond acceptors (Lipinski definition) is 4. The van der Waals surface area contributed by atoms with Crippen molar-refractivity contribution in [3.63, 3.8) is 0 Å². The summed E-state index contributed by atoms with van der Waals surface area (Å²) >= 11 is 5.52. The van der Waals surface area contributed by atoms with Gasteiger partial charge in [0.15, 0.2) is 0 Å². The van der Waals surface area contributed by atoms with Gasteiger partial charge in [0, 0.05) is 54.9 Å². The molecule has 0 amide bonds. The van der Waals surface area contributed by atoms with Crippen LogP contribution in [0.1, 0.15) is 46.1 Å². The molecule has 1 aromatic carbocycles. The van der Waals surface area contributed by atoms with Crippen LogP contribution < -0.4 is 40.6 Å². The van der Waals surface area contributed by atoms with E-state index < -0.39 is 0 Å². The van der Waals surface area contributed by atoms with Gasteiger partial charge in [-0.1, -0.05) is 55.4 Å². The molecule has 4 nitrogen and oxygen atoms in total. The first-order valence-corrected chi connectivity index (χ1v) is 11.7. The molecule has 0 aliphatic carbocycles. The number of halogens is 2. The first-order valence-electron chi connectivity index (χ1n) is 11.3. The van der Waals surface area contributed by atoms with Crippen molar-refractivity contribution < 1.29 is 33.9 Å². The van der Waals surface area contributed by atoms with Crippen LogP contribution in [0.3, 0.4) is 0 Å². The van der Waals surface area contributed by atoms with E-state index in [4.69, 9.17) is 17.3 Å². The summed E-state index contributed by atoms with van der Waals surface area (Å²) in [6.45, 7) is 15.5. The summed E-state index contributed by atoms with van der Waals surface area (Å²) in [4.78, 5) is 6.71. The number of unbranched alkanes of at least 4 members (excludes halogenated alkanes) is 1. The molecule has 3 N–H and O–H groups in total. The fraction of sp³-hybridized carbons (Fsp3) is 0.370. The van der Waals surface area contributed by atoms with E-state index in [0.717, 1.165) is 61.6 Å². The summed E-state index contributed by atoms with van der Waals surface area (Å²) in [6, 6.07) is 6.89. The number of rotatable bonds is 8. The standard InChI is InChI=1S/C20H26FN3.C7H11ClN.Na/c1-5-17(18-9-7-8-10-19(18)21)20(15(3)23-6-2)16(4)24-13-11-22-12-14-24;1-2-3-4-5-7(8)6-9;/h5-10,22H,2,11-14H2,1,3-4H3;5-6H,2-3,9H2,1H3;/q;-1;+1/b17-5-,20-16-,23-15?;7-6+;. The molecule has 2 rings (SSSR count). The third kappa shape index (κ3) is 10.7. The maximum atomic E-state index is 14.4. The third-order valence-electron chi connectivity index (χ3n) is 5.12. The summed E-state index contributed by atoms with van der Waals surface area (Å²) in [7, 11) is 0. The minimum Gasteiger partial charge on any atom is -0.419 e. The van der Waals surface area contributed by atoms with E-state index in [1.165, 1.54) is 18.5 Å². The molecule has 1 saturated heterocycles. The van der Waals surface area contributed by atoms with E-state index in [9.17, 15) is 4.39 Å². The molecule has 180 valence electrons. The molecule has 1 aliphatic heterocycles. The average Bonchev–Trinajstić information content (AvgIpc) is 2.83. The van der Waals surface area contributed by atoms with Crippen LogP contribution in [0.4, 0.5) is 4.39 Å². The number of hydrogen-bond donors (Lipinski definition) is 2. The minimum absolute atomic E-state index is 0. The predicted octanol–water partition coefficient (Wildman–Crippen LogP) is 3.20. The molecule has 1 fully saturated rings. The van der Waals surface area contributed by atoms with Crippen molar-refractivity contribution >= 4 is 22.9 Å². The zero-order valence-electron chi connectivity index (χ0n) is 21.3. The van der Waals surface area contributed by atoms with Crippen molar-refractivity contribution in [2.75, 3.05) is 26.2 Å². The van der Waals surface area contributed by atoms with Gasteiger partial charge in [0.05, 0.1) is 0 Å². The Morgan fingerprint density at radius 2 is 1.94 bits per heavy atom. The van der Waals surface area contributed by atoms with Crippen LogP contribution in [-0.2, 0) is 0 Å². The second kappa shape index (κ2) is 18.7. The maximum absolute atomic E-state index is 14.4. The van der Waals surface area contributed by atoms with Crippen molar-refractivity contribution in [2.45, 2.75) is 40.5 Å². The molecule has 0 saturated carbocycles. The first kappa shape index (κ1) is 32.4. The number of allylic oxidation sites excluding steroid dienone is 7. The Morgan fingerprint density at radius 1 is 1.29 bits per heavy atom. The van der Waals surface area contributed by atoms with E-state index in [2.05, 4.69) is 41.7 Å². The molecule has 0 radical (unpaired) electrons. The maximum Gasteiger partial charge on any atom is 1.00 e. The summed E-state index contributed by atoms with van der Waals surface area (Å²) in [5.74, 6) is -0.220. The zero-order valence-corrected chi connectivity index (χ0v) is 24.1. The molecule has 34 heavy (non-hydrogen) atoms. The van der Waals surface area contributed by atoms with Crippen LogP contribution in [-0.4, -0.2) is 36.8 Å². The molecular weight excluding hydrogens is 458 g/mol. The number of nitrogens with zero attached hydrogens (tertiary/aromatic N) is 2. The Hall–Kier alpha value is -1.63. The molecule has 0 aromatic heterocycles. The quantitative estimate of drug-likeness (QED) is 0.252. The largest absolute Gasteiger partial charge is 1.00 e. The molecule has 1 heterocycles.